The van der Waals surface area contributed by atoms with Crippen molar-refractivity contribution in [3.05, 3.63) is 17.6 Å². The van der Waals surface area contributed by atoms with Gasteiger partial charge in [0.1, 0.15) is 12.1 Å². The van der Waals surface area contributed by atoms with Gasteiger partial charge in [0.2, 0.25) is 0 Å². The number of thiazole rings is 1. The Kier molecular flexibility index (Phi) is 2.42. The SMILES string of the molecule is Nc1c(NCC(=O)O)ccc2scnc12. The third-order valence-corrected chi connectivity index (χ3v) is 2.77. The van der Waals surface area contributed by atoms with Crippen LogP contribution in [0.15, 0.2) is 17.6 Å². The Morgan fingerprint density at radius 1 is 1.60 bits per heavy atom. The van der Waals surface area contributed by atoms with E-state index in [4.69, 9.17) is 10.8 Å². The number of carbonyl (C=O) groups is 1. The predicted octanol–water partition coefficient (Wildman–Crippen LogP) is 1.37. The number of hydrogen-bond donors (Lipinski definition) is 3. The lowest BCUT2D eigenvalue weighted by Gasteiger charge is -2.06. The topological polar surface area (TPSA) is 88.2 Å². The summed E-state index contributed by atoms with van der Waals surface area (Å²) in [6.45, 7) is -0.153. The first-order valence-electron chi connectivity index (χ1n) is 4.26. The van der Waals surface area contributed by atoms with Crippen molar-refractivity contribution in [3.8, 4) is 0 Å². The van der Waals surface area contributed by atoms with Crippen molar-refractivity contribution in [1.82, 2.24) is 4.98 Å². The highest BCUT2D eigenvalue weighted by molar-refractivity contribution is 7.16. The summed E-state index contributed by atoms with van der Waals surface area (Å²) in [6, 6.07) is 3.63. The number of aliphatic carboxylic acids is 1. The van der Waals surface area contributed by atoms with E-state index in [1.807, 2.05) is 6.07 Å². The van der Waals surface area contributed by atoms with Crippen LogP contribution in [-0.2, 0) is 4.79 Å². The van der Waals surface area contributed by atoms with Gasteiger partial charge in [0.25, 0.3) is 0 Å². The quantitative estimate of drug-likeness (QED) is 0.684. The number of benzene rings is 1. The summed E-state index contributed by atoms with van der Waals surface area (Å²) in [5.41, 5.74) is 9.37. The van der Waals surface area contributed by atoms with Crippen LogP contribution >= 0.6 is 11.3 Å². The van der Waals surface area contributed by atoms with Gasteiger partial charge in [-0.15, -0.1) is 11.3 Å². The molecule has 0 bridgehead atoms. The molecular formula is C9H9N3O2S. The van der Waals surface area contributed by atoms with Crippen LogP contribution in [0.1, 0.15) is 0 Å². The van der Waals surface area contributed by atoms with Crippen LogP contribution in [0.5, 0.6) is 0 Å². The zero-order chi connectivity index (χ0) is 10.8. The molecule has 0 atom stereocenters. The molecule has 0 amide bonds. The number of anilines is 2. The molecule has 2 aromatic rings. The number of hydrogen-bond acceptors (Lipinski definition) is 5. The van der Waals surface area contributed by atoms with Crippen LogP contribution in [0.4, 0.5) is 11.4 Å². The van der Waals surface area contributed by atoms with Gasteiger partial charge in [-0.2, -0.15) is 0 Å². The average molecular weight is 223 g/mol. The second-order valence-electron chi connectivity index (χ2n) is 2.97. The molecule has 0 radical (unpaired) electrons. The predicted molar refractivity (Wildman–Crippen MR) is 60.2 cm³/mol. The van der Waals surface area contributed by atoms with Crippen LogP contribution in [0, 0.1) is 0 Å². The van der Waals surface area contributed by atoms with E-state index in [-0.39, 0.29) is 6.54 Å². The molecular weight excluding hydrogens is 214 g/mol. The number of nitrogen functional groups attached to an aromatic ring is 1. The molecule has 15 heavy (non-hydrogen) atoms. The fraction of sp³-hybridized carbons (Fsp3) is 0.111. The number of nitrogens with two attached hydrogens (primary N) is 1. The molecule has 0 saturated heterocycles. The molecule has 5 nitrogen and oxygen atoms in total. The van der Waals surface area contributed by atoms with Crippen molar-refractivity contribution < 1.29 is 9.90 Å². The lowest BCUT2D eigenvalue weighted by atomic mass is 10.2. The minimum atomic E-state index is -0.923. The van der Waals surface area contributed by atoms with E-state index >= 15 is 0 Å². The summed E-state index contributed by atoms with van der Waals surface area (Å²) in [6.07, 6.45) is 0. The van der Waals surface area contributed by atoms with Crippen molar-refractivity contribution in [2.45, 2.75) is 0 Å². The molecule has 0 aliphatic carbocycles. The fourth-order valence-corrected chi connectivity index (χ4v) is 1.97. The lowest BCUT2D eigenvalue weighted by Crippen LogP contribution is -2.13. The number of fused-ring (bicyclic) bond motifs is 1. The molecule has 1 aromatic heterocycles. The monoisotopic (exact) mass is 223 g/mol. The highest BCUT2D eigenvalue weighted by Crippen LogP contribution is 2.29. The van der Waals surface area contributed by atoms with Gasteiger partial charge in [-0.25, -0.2) is 4.98 Å². The Balaban J connectivity index is 2.35. The van der Waals surface area contributed by atoms with Crippen LogP contribution < -0.4 is 11.1 Å². The first-order chi connectivity index (χ1) is 7.18. The van der Waals surface area contributed by atoms with Gasteiger partial charge in [0.05, 0.1) is 21.6 Å². The van der Waals surface area contributed by atoms with E-state index in [1.54, 1.807) is 11.6 Å². The van der Waals surface area contributed by atoms with E-state index in [9.17, 15) is 4.79 Å². The first-order valence-corrected chi connectivity index (χ1v) is 5.14. The van der Waals surface area contributed by atoms with E-state index in [0.717, 1.165) is 10.2 Å². The van der Waals surface area contributed by atoms with Crippen LogP contribution in [0.3, 0.4) is 0 Å². The molecule has 1 heterocycles. The first kappa shape index (κ1) is 9.72. The smallest absolute Gasteiger partial charge is 0.322 e. The largest absolute Gasteiger partial charge is 0.480 e. The summed E-state index contributed by atoms with van der Waals surface area (Å²) in [7, 11) is 0. The molecule has 78 valence electrons. The third kappa shape index (κ3) is 1.84. The van der Waals surface area contributed by atoms with E-state index in [2.05, 4.69) is 10.3 Å². The van der Waals surface area contributed by atoms with Crippen molar-refractivity contribution >= 4 is 38.9 Å². The van der Waals surface area contributed by atoms with Crippen LogP contribution in [0.25, 0.3) is 10.2 Å². The molecule has 4 N–H and O–H groups in total. The average Bonchev–Trinajstić information content (AvgIpc) is 2.65. The van der Waals surface area contributed by atoms with E-state index < -0.39 is 5.97 Å². The van der Waals surface area contributed by atoms with Gasteiger partial charge in [0.15, 0.2) is 0 Å². The molecule has 0 unspecified atom stereocenters. The third-order valence-electron chi connectivity index (χ3n) is 1.97. The number of nitrogens with one attached hydrogen (secondary N) is 1. The Hall–Kier alpha value is -1.82. The van der Waals surface area contributed by atoms with Crippen molar-refractivity contribution in [1.29, 1.82) is 0 Å². The molecule has 0 aliphatic heterocycles. The Bertz CT molecular complexity index is 509. The minimum absolute atomic E-state index is 0.153. The highest BCUT2D eigenvalue weighted by atomic mass is 32.1. The van der Waals surface area contributed by atoms with Gasteiger partial charge >= 0.3 is 5.97 Å². The summed E-state index contributed by atoms with van der Waals surface area (Å²) in [4.78, 5) is 14.5. The van der Waals surface area contributed by atoms with Crippen molar-refractivity contribution in [3.63, 3.8) is 0 Å². The molecule has 1 aromatic carbocycles. The molecule has 2 rings (SSSR count). The van der Waals surface area contributed by atoms with Gasteiger partial charge in [-0.05, 0) is 12.1 Å². The normalized spacial score (nSPS) is 10.4. The van der Waals surface area contributed by atoms with Gasteiger partial charge in [-0.3, -0.25) is 4.79 Å². The Morgan fingerprint density at radius 3 is 3.13 bits per heavy atom. The van der Waals surface area contributed by atoms with E-state index in [1.165, 1.54) is 11.3 Å². The summed E-state index contributed by atoms with van der Waals surface area (Å²) in [5, 5.41) is 11.3. The van der Waals surface area contributed by atoms with Gasteiger partial charge in [0, 0.05) is 0 Å². The summed E-state index contributed by atoms with van der Waals surface area (Å²) in [5.74, 6) is -0.923. The highest BCUT2D eigenvalue weighted by Gasteiger charge is 2.07. The number of nitrogens with zero attached hydrogens (tertiary/aromatic N) is 1. The number of carboxylic acids is 1. The summed E-state index contributed by atoms with van der Waals surface area (Å²) < 4.78 is 0.994. The minimum Gasteiger partial charge on any atom is -0.480 e. The zero-order valence-electron chi connectivity index (χ0n) is 7.73. The Morgan fingerprint density at radius 2 is 2.40 bits per heavy atom. The number of aromatic nitrogens is 1. The van der Waals surface area contributed by atoms with Gasteiger partial charge in [-0.1, -0.05) is 0 Å². The van der Waals surface area contributed by atoms with Gasteiger partial charge < -0.3 is 16.2 Å². The van der Waals surface area contributed by atoms with Crippen LogP contribution in [0.2, 0.25) is 0 Å². The fourth-order valence-electron chi connectivity index (χ4n) is 1.28. The second-order valence-corrected chi connectivity index (χ2v) is 3.86. The van der Waals surface area contributed by atoms with Crippen LogP contribution in [-0.4, -0.2) is 22.6 Å². The standard InChI is InChI=1S/C9H9N3O2S/c10-8-5(11-3-7(13)14)1-2-6-9(8)12-4-15-6/h1-2,4,11H,3,10H2,(H,13,14). The zero-order valence-corrected chi connectivity index (χ0v) is 8.54. The van der Waals surface area contributed by atoms with Crippen molar-refractivity contribution in [2.75, 3.05) is 17.6 Å². The maximum Gasteiger partial charge on any atom is 0.322 e. The summed E-state index contributed by atoms with van der Waals surface area (Å²) >= 11 is 1.50. The molecule has 0 saturated carbocycles. The second kappa shape index (κ2) is 3.74. The molecule has 0 fully saturated rings. The number of carboxylic acid groups (broad SMARTS) is 1. The maximum absolute atomic E-state index is 10.4. The lowest BCUT2D eigenvalue weighted by molar-refractivity contribution is -0.134. The Labute approximate surface area is 89.5 Å². The van der Waals surface area contributed by atoms with Crippen molar-refractivity contribution in [2.24, 2.45) is 0 Å². The molecule has 0 spiro atoms. The molecule has 6 heteroatoms. The maximum atomic E-state index is 10.4. The molecule has 0 aliphatic rings. The van der Waals surface area contributed by atoms with E-state index in [0.29, 0.717) is 11.4 Å². The number of rotatable bonds is 3.